The molecule has 0 saturated carbocycles. The fraction of sp³-hybridized carbons (Fsp3) is 0.500. The smallest absolute Gasteiger partial charge is 0.320 e. The normalized spacial score (nSPS) is 13.2. The maximum absolute atomic E-state index is 11.6. The van der Waals surface area contributed by atoms with Gasteiger partial charge < -0.3 is 10.1 Å². The Morgan fingerprint density at radius 1 is 1.33 bits per heavy atom. The third-order valence-electron chi connectivity index (χ3n) is 2.34. The summed E-state index contributed by atoms with van der Waals surface area (Å²) in [6, 6.07) is 8.38. The van der Waals surface area contributed by atoms with Crippen LogP contribution in [0, 0.1) is 3.57 Å². The molecule has 0 radical (unpaired) electrons. The molecule has 0 amide bonds. The minimum atomic E-state index is -0.426. The van der Waals surface area contributed by atoms with Gasteiger partial charge in [-0.2, -0.15) is 0 Å². The topological polar surface area (TPSA) is 38.3 Å². The Balaban J connectivity index is 2.44. The van der Waals surface area contributed by atoms with Gasteiger partial charge in [-0.25, -0.2) is 0 Å². The molecule has 1 aromatic rings. The van der Waals surface area contributed by atoms with Gasteiger partial charge in [-0.3, -0.25) is 4.79 Å². The summed E-state index contributed by atoms with van der Waals surface area (Å²) in [5, 5.41) is 3.16. The van der Waals surface area contributed by atoms with Gasteiger partial charge in [0, 0.05) is 9.61 Å². The van der Waals surface area contributed by atoms with Crippen molar-refractivity contribution in [3.8, 4) is 0 Å². The fourth-order valence-corrected chi connectivity index (χ4v) is 1.84. The van der Waals surface area contributed by atoms with Gasteiger partial charge >= 0.3 is 5.97 Å². The van der Waals surface area contributed by atoms with Gasteiger partial charge in [-0.15, -0.1) is 0 Å². The largest absolute Gasteiger partial charge is 0.459 e. The lowest BCUT2D eigenvalue weighted by atomic mass is 10.1. The quantitative estimate of drug-likeness (QED) is 0.661. The maximum Gasteiger partial charge on any atom is 0.320 e. The number of carbonyl (C=O) groups is 1. The Morgan fingerprint density at radius 3 is 2.39 bits per heavy atom. The summed E-state index contributed by atoms with van der Waals surface area (Å²) in [6.07, 6.45) is 0. The first-order valence-electron chi connectivity index (χ1n) is 5.98. The van der Waals surface area contributed by atoms with Crippen molar-refractivity contribution in [2.45, 2.75) is 39.3 Å². The molecular formula is C14H20INO2. The van der Waals surface area contributed by atoms with E-state index in [-0.39, 0.29) is 18.6 Å². The highest BCUT2D eigenvalue weighted by Crippen LogP contribution is 2.14. The van der Waals surface area contributed by atoms with Gasteiger partial charge in [-0.05, 0) is 68.0 Å². The second kappa shape index (κ2) is 6.52. The highest BCUT2D eigenvalue weighted by atomic mass is 127. The SMILES string of the molecule is CC(NCC(=O)OC(C)(C)C)c1ccc(I)cc1. The first kappa shape index (κ1) is 15.4. The predicted octanol–water partition coefficient (Wildman–Crippen LogP) is 3.28. The van der Waals surface area contributed by atoms with Crippen molar-refractivity contribution in [2.24, 2.45) is 0 Å². The van der Waals surface area contributed by atoms with Crippen LogP contribution in [0.15, 0.2) is 24.3 Å². The molecule has 0 aliphatic carbocycles. The lowest BCUT2D eigenvalue weighted by molar-refractivity contribution is -0.153. The molecule has 0 aromatic heterocycles. The van der Waals surface area contributed by atoms with E-state index in [0.29, 0.717) is 0 Å². The van der Waals surface area contributed by atoms with Crippen molar-refractivity contribution < 1.29 is 9.53 Å². The average Bonchev–Trinajstić information content (AvgIpc) is 2.24. The molecule has 0 aliphatic heterocycles. The zero-order chi connectivity index (χ0) is 13.8. The third-order valence-corrected chi connectivity index (χ3v) is 3.06. The van der Waals surface area contributed by atoms with Crippen LogP contribution < -0.4 is 5.32 Å². The number of ether oxygens (including phenoxy) is 1. The van der Waals surface area contributed by atoms with Crippen molar-refractivity contribution >= 4 is 28.6 Å². The maximum atomic E-state index is 11.6. The van der Waals surface area contributed by atoms with Gasteiger partial charge in [0.15, 0.2) is 0 Å². The van der Waals surface area contributed by atoms with Crippen LogP contribution in [-0.4, -0.2) is 18.1 Å². The van der Waals surface area contributed by atoms with E-state index in [4.69, 9.17) is 4.74 Å². The van der Waals surface area contributed by atoms with Crippen LogP contribution >= 0.6 is 22.6 Å². The van der Waals surface area contributed by atoms with E-state index in [1.807, 2.05) is 27.7 Å². The van der Waals surface area contributed by atoms with Crippen molar-refractivity contribution in [3.05, 3.63) is 33.4 Å². The van der Waals surface area contributed by atoms with Crippen LogP contribution in [0.25, 0.3) is 0 Å². The summed E-state index contributed by atoms with van der Waals surface area (Å²) in [5.41, 5.74) is 0.740. The first-order chi connectivity index (χ1) is 8.28. The number of benzene rings is 1. The lowest BCUT2D eigenvalue weighted by Crippen LogP contribution is -2.32. The zero-order valence-corrected chi connectivity index (χ0v) is 13.4. The highest BCUT2D eigenvalue weighted by molar-refractivity contribution is 14.1. The van der Waals surface area contributed by atoms with Gasteiger partial charge in [-0.1, -0.05) is 12.1 Å². The summed E-state index contributed by atoms with van der Waals surface area (Å²) in [4.78, 5) is 11.6. The Hall–Kier alpha value is -0.620. The molecule has 1 rings (SSSR count). The fourth-order valence-electron chi connectivity index (χ4n) is 1.48. The van der Waals surface area contributed by atoms with E-state index in [1.165, 1.54) is 9.13 Å². The minimum Gasteiger partial charge on any atom is -0.459 e. The summed E-state index contributed by atoms with van der Waals surface area (Å²) < 4.78 is 6.44. The van der Waals surface area contributed by atoms with Crippen molar-refractivity contribution in [3.63, 3.8) is 0 Å². The Kier molecular flexibility index (Phi) is 5.59. The average molecular weight is 361 g/mol. The number of hydrogen-bond acceptors (Lipinski definition) is 3. The van der Waals surface area contributed by atoms with Crippen molar-refractivity contribution in [1.29, 1.82) is 0 Å². The van der Waals surface area contributed by atoms with Crippen LogP contribution in [0.3, 0.4) is 0 Å². The van der Waals surface area contributed by atoms with Crippen molar-refractivity contribution in [1.82, 2.24) is 5.32 Å². The van der Waals surface area contributed by atoms with Crippen LogP contribution in [0.1, 0.15) is 39.3 Å². The molecule has 0 bridgehead atoms. The molecule has 1 aromatic carbocycles. The second-order valence-electron chi connectivity index (χ2n) is 5.24. The second-order valence-corrected chi connectivity index (χ2v) is 6.49. The van der Waals surface area contributed by atoms with E-state index in [2.05, 4.69) is 52.2 Å². The third kappa shape index (κ3) is 5.82. The summed E-state index contributed by atoms with van der Waals surface area (Å²) in [7, 11) is 0. The number of hydrogen-bond donors (Lipinski definition) is 1. The van der Waals surface area contributed by atoms with E-state index in [0.717, 1.165) is 0 Å². The summed E-state index contributed by atoms with van der Waals surface area (Å²) >= 11 is 2.27. The molecule has 4 heteroatoms. The van der Waals surface area contributed by atoms with Gasteiger partial charge in [0.25, 0.3) is 0 Å². The Morgan fingerprint density at radius 2 is 1.89 bits per heavy atom. The van der Waals surface area contributed by atoms with Crippen LogP contribution in [-0.2, 0) is 9.53 Å². The minimum absolute atomic E-state index is 0.134. The first-order valence-corrected chi connectivity index (χ1v) is 7.06. The molecule has 0 saturated heterocycles. The molecule has 18 heavy (non-hydrogen) atoms. The van der Waals surface area contributed by atoms with Gasteiger partial charge in [0.2, 0.25) is 0 Å². The molecule has 0 heterocycles. The molecule has 1 unspecified atom stereocenters. The van der Waals surface area contributed by atoms with Crippen LogP contribution in [0.5, 0.6) is 0 Å². The van der Waals surface area contributed by atoms with Gasteiger partial charge in [0.1, 0.15) is 5.60 Å². The Labute approximate surface area is 122 Å². The van der Waals surface area contributed by atoms with Crippen molar-refractivity contribution in [2.75, 3.05) is 6.54 Å². The van der Waals surface area contributed by atoms with Gasteiger partial charge in [0.05, 0.1) is 6.54 Å². The zero-order valence-electron chi connectivity index (χ0n) is 11.3. The van der Waals surface area contributed by atoms with E-state index >= 15 is 0 Å². The molecule has 100 valence electrons. The monoisotopic (exact) mass is 361 g/mol. The van der Waals surface area contributed by atoms with Crippen LogP contribution in [0.4, 0.5) is 0 Å². The van der Waals surface area contributed by atoms with Crippen LogP contribution in [0.2, 0.25) is 0 Å². The number of esters is 1. The molecule has 1 N–H and O–H groups in total. The number of carbonyl (C=O) groups excluding carboxylic acids is 1. The highest BCUT2D eigenvalue weighted by Gasteiger charge is 2.16. The summed E-state index contributed by atoms with van der Waals surface area (Å²) in [6.45, 7) is 7.87. The molecule has 0 fully saturated rings. The van der Waals surface area contributed by atoms with E-state index < -0.39 is 5.60 Å². The van der Waals surface area contributed by atoms with E-state index in [9.17, 15) is 4.79 Å². The van der Waals surface area contributed by atoms with E-state index in [1.54, 1.807) is 0 Å². The molecule has 0 spiro atoms. The Bertz CT molecular complexity index is 395. The predicted molar refractivity (Wildman–Crippen MR) is 81.4 cm³/mol. The molecule has 1 atom stereocenters. The number of rotatable bonds is 4. The standard InChI is InChI=1S/C14H20INO2/c1-10(11-5-7-12(15)8-6-11)16-9-13(17)18-14(2,3)4/h5-8,10,16H,9H2,1-4H3. The number of halogens is 1. The number of nitrogens with one attached hydrogen (secondary N) is 1. The molecule has 3 nitrogen and oxygen atoms in total. The molecular weight excluding hydrogens is 341 g/mol. The summed E-state index contributed by atoms with van der Waals surface area (Å²) in [5.74, 6) is -0.222. The lowest BCUT2D eigenvalue weighted by Gasteiger charge is -2.21. The molecule has 0 aliphatic rings.